The van der Waals surface area contributed by atoms with Gasteiger partial charge >= 0.3 is 0 Å². The molecule has 0 unspecified atom stereocenters. The van der Waals surface area contributed by atoms with Crippen molar-refractivity contribution in [2.75, 3.05) is 0 Å². The second-order valence-electron chi connectivity index (χ2n) is 4.80. The third-order valence-electron chi connectivity index (χ3n) is 3.36. The van der Waals surface area contributed by atoms with Crippen LogP contribution in [0.2, 0.25) is 0 Å². The molecule has 3 N–H and O–H groups in total. The van der Waals surface area contributed by atoms with Crippen LogP contribution in [-0.2, 0) is 11.3 Å². The fraction of sp³-hybridized carbons (Fsp3) is 0.385. The molecule has 0 radical (unpaired) electrons. The van der Waals surface area contributed by atoms with E-state index < -0.39 is 0 Å². The number of benzene rings is 1. The Morgan fingerprint density at radius 2 is 2.00 bits per heavy atom. The fourth-order valence-electron chi connectivity index (χ4n) is 1.98. The highest BCUT2D eigenvalue weighted by atomic mass is 35.5. The molecule has 3 rings (SSSR count). The van der Waals surface area contributed by atoms with Crippen LogP contribution in [0, 0.1) is 0 Å². The lowest BCUT2D eigenvalue weighted by Crippen LogP contribution is -2.44. The van der Waals surface area contributed by atoms with Gasteiger partial charge in [-0.3, -0.25) is 0 Å². The lowest BCUT2D eigenvalue weighted by Gasteiger charge is -2.34. The van der Waals surface area contributed by atoms with Crippen LogP contribution >= 0.6 is 24.2 Å². The van der Waals surface area contributed by atoms with Crippen LogP contribution in [0.1, 0.15) is 31.0 Å². The second kappa shape index (κ2) is 6.03. The molecule has 1 heterocycles. The van der Waals surface area contributed by atoms with Crippen molar-refractivity contribution >= 4 is 24.2 Å². The first-order valence-electron chi connectivity index (χ1n) is 6.19. The lowest BCUT2D eigenvalue weighted by molar-refractivity contribution is 0.229. The van der Waals surface area contributed by atoms with E-state index in [0.29, 0.717) is 17.5 Å². The van der Waals surface area contributed by atoms with Crippen molar-refractivity contribution in [3.05, 3.63) is 36.0 Å². The Hall–Kier alpha value is -1.24. The summed E-state index contributed by atoms with van der Waals surface area (Å²) >= 11 is 1.58. The molecular formula is C13H16ClN3O2S. The summed E-state index contributed by atoms with van der Waals surface area (Å²) in [4.78, 5) is 5.41. The molecule has 5 nitrogen and oxygen atoms in total. The first kappa shape index (κ1) is 15.2. The van der Waals surface area contributed by atoms with E-state index in [1.807, 2.05) is 12.1 Å². The summed E-state index contributed by atoms with van der Waals surface area (Å²) in [5, 5.41) is 13.2. The zero-order valence-corrected chi connectivity index (χ0v) is 12.4. The van der Waals surface area contributed by atoms with E-state index in [2.05, 4.69) is 10.1 Å². The molecule has 1 fully saturated rings. The summed E-state index contributed by atoms with van der Waals surface area (Å²) in [6.45, 7) is 0. The third-order valence-corrected chi connectivity index (χ3v) is 4.36. The third kappa shape index (κ3) is 3.08. The average molecular weight is 314 g/mol. The summed E-state index contributed by atoms with van der Waals surface area (Å²) in [5.41, 5.74) is 5.77. The van der Waals surface area contributed by atoms with Gasteiger partial charge in [-0.15, -0.1) is 24.2 Å². The van der Waals surface area contributed by atoms with Crippen LogP contribution < -0.4 is 5.73 Å². The SMILES string of the molecule is Cl.NC1(c2noc(CSc3ccc(O)cc3)n2)CCC1. The zero-order chi connectivity index (χ0) is 13.3. The van der Waals surface area contributed by atoms with Crippen molar-refractivity contribution in [2.24, 2.45) is 5.73 Å². The molecule has 1 aromatic carbocycles. The largest absolute Gasteiger partial charge is 0.508 e. The van der Waals surface area contributed by atoms with Gasteiger partial charge in [-0.05, 0) is 43.5 Å². The van der Waals surface area contributed by atoms with E-state index in [1.54, 1.807) is 23.9 Å². The van der Waals surface area contributed by atoms with Crippen LogP contribution in [-0.4, -0.2) is 15.2 Å². The zero-order valence-electron chi connectivity index (χ0n) is 10.8. The van der Waals surface area contributed by atoms with Crippen molar-refractivity contribution in [2.45, 2.75) is 35.4 Å². The average Bonchev–Trinajstić information content (AvgIpc) is 2.84. The van der Waals surface area contributed by atoms with Crippen molar-refractivity contribution in [1.82, 2.24) is 10.1 Å². The number of thioether (sulfide) groups is 1. The molecule has 1 saturated carbocycles. The first-order valence-corrected chi connectivity index (χ1v) is 7.18. The summed E-state index contributed by atoms with van der Waals surface area (Å²) in [6, 6.07) is 7.02. The van der Waals surface area contributed by atoms with E-state index in [4.69, 9.17) is 10.3 Å². The van der Waals surface area contributed by atoms with Gasteiger partial charge in [0, 0.05) is 4.90 Å². The van der Waals surface area contributed by atoms with Crippen LogP contribution in [0.3, 0.4) is 0 Å². The van der Waals surface area contributed by atoms with Crippen LogP contribution in [0.4, 0.5) is 0 Å². The molecule has 2 aromatic rings. The molecule has 108 valence electrons. The minimum Gasteiger partial charge on any atom is -0.508 e. The van der Waals surface area contributed by atoms with Crippen molar-refractivity contribution in [3.8, 4) is 5.75 Å². The maximum absolute atomic E-state index is 9.20. The Bertz CT molecular complexity index is 569. The highest BCUT2D eigenvalue weighted by Gasteiger charge is 2.38. The van der Waals surface area contributed by atoms with Crippen LogP contribution in [0.25, 0.3) is 0 Å². The topological polar surface area (TPSA) is 85.2 Å². The molecule has 0 amide bonds. The standard InChI is InChI=1S/C13H15N3O2S.ClH/c14-13(6-1-7-13)12-15-11(18-16-12)8-19-10-4-2-9(17)3-5-10;/h2-5,17H,1,6-8,14H2;1H. The van der Waals surface area contributed by atoms with Gasteiger partial charge in [-0.25, -0.2) is 0 Å². The molecule has 1 aliphatic carbocycles. The Morgan fingerprint density at radius 3 is 2.60 bits per heavy atom. The molecule has 7 heteroatoms. The normalized spacial score (nSPS) is 16.2. The maximum Gasteiger partial charge on any atom is 0.237 e. The van der Waals surface area contributed by atoms with E-state index in [9.17, 15) is 5.11 Å². The van der Waals surface area contributed by atoms with Gasteiger partial charge in [0.2, 0.25) is 5.89 Å². The molecule has 20 heavy (non-hydrogen) atoms. The summed E-state index contributed by atoms with van der Waals surface area (Å²) in [6.07, 6.45) is 2.98. The van der Waals surface area contributed by atoms with E-state index in [1.165, 1.54) is 0 Å². The number of halogens is 1. The predicted octanol–water partition coefficient (Wildman–Crippen LogP) is 2.83. The molecular weight excluding hydrogens is 298 g/mol. The number of rotatable bonds is 4. The number of aromatic nitrogens is 2. The van der Waals surface area contributed by atoms with Gasteiger partial charge < -0.3 is 15.4 Å². The molecule has 0 spiro atoms. The van der Waals surface area contributed by atoms with E-state index in [0.717, 1.165) is 24.2 Å². The van der Waals surface area contributed by atoms with Gasteiger partial charge in [0.1, 0.15) is 5.75 Å². The van der Waals surface area contributed by atoms with Crippen molar-refractivity contribution in [1.29, 1.82) is 0 Å². The minimum absolute atomic E-state index is 0. The highest BCUT2D eigenvalue weighted by Crippen LogP contribution is 2.37. The Morgan fingerprint density at radius 1 is 1.30 bits per heavy atom. The number of hydrogen-bond donors (Lipinski definition) is 2. The van der Waals surface area contributed by atoms with E-state index >= 15 is 0 Å². The van der Waals surface area contributed by atoms with Crippen molar-refractivity contribution < 1.29 is 9.63 Å². The Balaban J connectivity index is 0.00000147. The Kier molecular flexibility index (Phi) is 4.57. The number of phenols is 1. The summed E-state index contributed by atoms with van der Waals surface area (Å²) < 4.78 is 5.22. The second-order valence-corrected chi connectivity index (χ2v) is 5.85. The predicted molar refractivity (Wildman–Crippen MR) is 78.9 cm³/mol. The smallest absolute Gasteiger partial charge is 0.237 e. The summed E-state index contributed by atoms with van der Waals surface area (Å²) in [5.74, 6) is 2.08. The van der Waals surface area contributed by atoms with Crippen molar-refractivity contribution in [3.63, 3.8) is 0 Å². The Labute approximate surface area is 127 Å². The number of nitrogens with zero attached hydrogens (tertiary/aromatic N) is 2. The molecule has 1 aromatic heterocycles. The summed E-state index contributed by atoms with van der Waals surface area (Å²) in [7, 11) is 0. The van der Waals surface area contributed by atoms with Gasteiger partial charge in [0.05, 0.1) is 11.3 Å². The van der Waals surface area contributed by atoms with E-state index in [-0.39, 0.29) is 23.7 Å². The number of phenolic OH excluding ortho intramolecular Hbond substituents is 1. The molecule has 0 bridgehead atoms. The quantitative estimate of drug-likeness (QED) is 0.844. The van der Waals surface area contributed by atoms with Gasteiger partial charge in [-0.2, -0.15) is 4.98 Å². The molecule has 1 aliphatic rings. The molecule has 0 saturated heterocycles. The van der Waals surface area contributed by atoms with Crippen LogP contribution in [0.15, 0.2) is 33.7 Å². The van der Waals surface area contributed by atoms with Gasteiger partial charge in [-0.1, -0.05) is 5.16 Å². The van der Waals surface area contributed by atoms with Crippen LogP contribution in [0.5, 0.6) is 5.75 Å². The minimum atomic E-state index is -0.370. The highest BCUT2D eigenvalue weighted by molar-refractivity contribution is 7.98. The monoisotopic (exact) mass is 313 g/mol. The fourth-order valence-corrected chi connectivity index (χ4v) is 2.72. The number of aromatic hydroxyl groups is 1. The first-order chi connectivity index (χ1) is 9.16. The lowest BCUT2D eigenvalue weighted by atomic mass is 9.77. The van der Waals surface area contributed by atoms with Gasteiger partial charge in [0.25, 0.3) is 0 Å². The molecule has 0 aliphatic heterocycles. The number of hydrogen-bond acceptors (Lipinski definition) is 6. The maximum atomic E-state index is 9.20. The number of nitrogens with two attached hydrogens (primary N) is 1. The van der Waals surface area contributed by atoms with Gasteiger partial charge in [0.15, 0.2) is 5.82 Å². The molecule has 0 atom stereocenters.